The van der Waals surface area contributed by atoms with Crippen molar-refractivity contribution in [1.29, 1.82) is 0 Å². The van der Waals surface area contributed by atoms with Crippen LogP contribution in [0.2, 0.25) is 5.15 Å². The standard InChI is InChI=1S/C14H7ClF2N2/c15-13-12-10(17)6-3-7-11(12)18-14(19-13)8-4-1-2-5-9(8)16/h1-7H. The third kappa shape index (κ3) is 2.04. The van der Waals surface area contributed by atoms with Crippen LogP contribution >= 0.6 is 11.6 Å². The zero-order valence-electron chi connectivity index (χ0n) is 9.57. The third-order valence-corrected chi connectivity index (χ3v) is 3.02. The third-order valence-electron chi connectivity index (χ3n) is 2.74. The molecule has 0 amide bonds. The number of aromatic nitrogens is 2. The van der Waals surface area contributed by atoms with Gasteiger partial charge in [0.05, 0.1) is 16.5 Å². The lowest BCUT2D eigenvalue weighted by Gasteiger charge is -2.06. The van der Waals surface area contributed by atoms with Crippen LogP contribution in [0.4, 0.5) is 8.78 Å². The van der Waals surface area contributed by atoms with E-state index in [4.69, 9.17) is 11.6 Å². The lowest BCUT2D eigenvalue weighted by atomic mass is 10.2. The van der Waals surface area contributed by atoms with E-state index in [1.807, 2.05) is 0 Å². The molecule has 0 aliphatic heterocycles. The molecule has 0 aliphatic carbocycles. The van der Waals surface area contributed by atoms with Crippen molar-refractivity contribution in [2.24, 2.45) is 0 Å². The van der Waals surface area contributed by atoms with E-state index in [1.54, 1.807) is 24.3 Å². The van der Waals surface area contributed by atoms with Crippen molar-refractivity contribution >= 4 is 22.5 Å². The Balaban J connectivity index is 2.31. The maximum Gasteiger partial charge on any atom is 0.164 e. The minimum Gasteiger partial charge on any atom is -0.228 e. The van der Waals surface area contributed by atoms with Crippen LogP contribution in [-0.2, 0) is 0 Å². The van der Waals surface area contributed by atoms with E-state index in [0.29, 0.717) is 5.52 Å². The molecule has 1 heterocycles. The van der Waals surface area contributed by atoms with Gasteiger partial charge in [0.25, 0.3) is 0 Å². The first-order valence-electron chi connectivity index (χ1n) is 5.53. The van der Waals surface area contributed by atoms with E-state index in [2.05, 4.69) is 9.97 Å². The highest BCUT2D eigenvalue weighted by molar-refractivity contribution is 6.34. The first-order chi connectivity index (χ1) is 9.16. The molecule has 0 saturated carbocycles. The summed E-state index contributed by atoms with van der Waals surface area (Å²) < 4.78 is 27.3. The molecule has 0 aliphatic rings. The monoisotopic (exact) mass is 276 g/mol. The molecule has 0 radical (unpaired) electrons. The van der Waals surface area contributed by atoms with Gasteiger partial charge in [-0.3, -0.25) is 0 Å². The molecular weight excluding hydrogens is 270 g/mol. The molecule has 3 aromatic rings. The summed E-state index contributed by atoms with van der Waals surface area (Å²) in [5.74, 6) is -0.807. The molecule has 2 nitrogen and oxygen atoms in total. The van der Waals surface area contributed by atoms with Crippen molar-refractivity contribution in [3.8, 4) is 11.4 Å². The van der Waals surface area contributed by atoms with Gasteiger partial charge in [-0.1, -0.05) is 29.8 Å². The molecule has 94 valence electrons. The fourth-order valence-electron chi connectivity index (χ4n) is 1.86. The first kappa shape index (κ1) is 12.0. The van der Waals surface area contributed by atoms with E-state index in [9.17, 15) is 8.78 Å². The Morgan fingerprint density at radius 3 is 2.37 bits per heavy atom. The van der Waals surface area contributed by atoms with Crippen molar-refractivity contribution in [1.82, 2.24) is 9.97 Å². The smallest absolute Gasteiger partial charge is 0.164 e. The van der Waals surface area contributed by atoms with Crippen LogP contribution in [-0.4, -0.2) is 9.97 Å². The summed E-state index contributed by atoms with van der Waals surface area (Å²) >= 11 is 5.96. The van der Waals surface area contributed by atoms with E-state index in [-0.39, 0.29) is 21.9 Å². The van der Waals surface area contributed by atoms with Crippen LogP contribution in [0.25, 0.3) is 22.3 Å². The van der Waals surface area contributed by atoms with Crippen molar-refractivity contribution in [3.05, 3.63) is 59.3 Å². The fraction of sp³-hybridized carbons (Fsp3) is 0. The SMILES string of the molecule is Fc1ccccc1-c1nc(Cl)c2c(F)cccc2n1. The molecule has 0 bridgehead atoms. The molecule has 0 spiro atoms. The summed E-state index contributed by atoms with van der Waals surface area (Å²) in [5, 5.41) is 0.116. The number of benzene rings is 2. The summed E-state index contributed by atoms with van der Waals surface area (Å²) in [6.45, 7) is 0. The Hall–Kier alpha value is -2.07. The Bertz CT molecular complexity index is 774. The summed E-state index contributed by atoms with van der Waals surface area (Å²) in [6, 6.07) is 10.5. The van der Waals surface area contributed by atoms with Gasteiger partial charge in [-0.2, -0.15) is 0 Å². The van der Waals surface area contributed by atoms with Gasteiger partial charge in [-0.15, -0.1) is 0 Å². The quantitative estimate of drug-likeness (QED) is 0.622. The second-order valence-electron chi connectivity index (χ2n) is 3.95. The minimum atomic E-state index is -0.498. The summed E-state index contributed by atoms with van der Waals surface area (Å²) in [4.78, 5) is 8.12. The lowest BCUT2D eigenvalue weighted by Crippen LogP contribution is -1.95. The van der Waals surface area contributed by atoms with Gasteiger partial charge in [0.15, 0.2) is 5.82 Å². The number of fused-ring (bicyclic) bond motifs is 1. The van der Waals surface area contributed by atoms with Crippen molar-refractivity contribution in [2.45, 2.75) is 0 Å². The average Bonchev–Trinajstić information content (AvgIpc) is 2.39. The van der Waals surface area contributed by atoms with Crippen LogP contribution in [0.15, 0.2) is 42.5 Å². The van der Waals surface area contributed by atoms with Crippen molar-refractivity contribution in [2.75, 3.05) is 0 Å². The maximum absolute atomic E-state index is 13.7. The van der Waals surface area contributed by atoms with Gasteiger partial charge in [0.2, 0.25) is 0 Å². The van der Waals surface area contributed by atoms with E-state index in [0.717, 1.165) is 0 Å². The second kappa shape index (κ2) is 4.55. The minimum absolute atomic E-state index is 0.0265. The number of rotatable bonds is 1. The summed E-state index contributed by atoms with van der Waals surface area (Å²) in [5.41, 5.74) is 0.578. The van der Waals surface area contributed by atoms with Gasteiger partial charge in [-0.05, 0) is 24.3 Å². The van der Waals surface area contributed by atoms with E-state index < -0.39 is 11.6 Å². The molecule has 19 heavy (non-hydrogen) atoms. The molecule has 0 atom stereocenters. The molecule has 0 saturated heterocycles. The van der Waals surface area contributed by atoms with Crippen LogP contribution in [0.3, 0.4) is 0 Å². The zero-order valence-corrected chi connectivity index (χ0v) is 10.3. The fourth-order valence-corrected chi connectivity index (χ4v) is 2.13. The highest BCUT2D eigenvalue weighted by Crippen LogP contribution is 2.27. The van der Waals surface area contributed by atoms with E-state index >= 15 is 0 Å². The predicted molar refractivity (Wildman–Crippen MR) is 69.9 cm³/mol. The summed E-state index contributed by atoms with van der Waals surface area (Å²) in [6.07, 6.45) is 0. The molecule has 0 unspecified atom stereocenters. The van der Waals surface area contributed by atoms with Crippen molar-refractivity contribution < 1.29 is 8.78 Å². The van der Waals surface area contributed by atoms with Gasteiger partial charge in [-0.25, -0.2) is 18.7 Å². The number of halogens is 3. The van der Waals surface area contributed by atoms with Crippen LogP contribution < -0.4 is 0 Å². The van der Waals surface area contributed by atoms with Gasteiger partial charge in [0, 0.05) is 0 Å². The second-order valence-corrected chi connectivity index (χ2v) is 4.31. The molecular formula is C14H7ClF2N2. The number of hydrogen-bond acceptors (Lipinski definition) is 2. The number of nitrogens with zero attached hydrogens (tertiary/aromatic N) is 2. The average molecular weight is 277 g/mol. The first-order valence-corrected chi connectivity index (χ1v) is 5.91. The Labute approximate surface area is 112 Å². The maximum atomic E-state index is 13.7. The highest BCUT2D eigenvalue weighted by atomic mass is 35.5. The zero-order chi connectivity index (χ0) is 13.4. The van der Waals surface area contributed by atoms with Crippen molar-refractivity contribution in [3.63, 3.8) is 0 Å². The Morgan fingerprint density at radius 1 is 0.842 bits per heavy atom. The molecule has 0 fully saturated rings. The molecule has 3 rings (SSSR count). The predicted octanol–water partition coefficient (Wildman–Crippen LogP) is 4.23. The molecule has 5 heteroatoms. The molecule has 2 aromatic carbocycles. The van der Waals surface area contributed by atoms with Gasteiger partial charge in [0.1, 0.15) is 16.8 Å². The van der Waals surface area contributed by atoms with Crippen LogP contribution in [0.5, 0.6) is 0 Å². The summed E-state index contributed by atoms with van der Waals surface area (Å²) in [7, 11) is 0. The van der Waals surface area contributed by atoms with Crippen LogP contribution in [0, 0.1) is 11.6 Å². The number of hydrogen-bond donors (Lipinski definition) is 0. The van der Waals surface area contributed by atoms with Gasteiger partial charge < -0.3 is 0 Å². The molecule has 1 aromatic heterocycles. The highest BCUT2D eigenvalue weighted by Gasteiger charge is 2.13. The normalized spacial score (nSPS) is 10.9. The molecule has 0 N–H and O–H groups in total. The Kier molecular flexibility index (Phi) is 2.87. The lowest BCUT2D eigenvalue weighted by molar-refractivity contribution is 0.630. The topological polar surface area (TPSA) is 25.8 Å². The van der Waals surface area contributed by atoms with Crippen LogP contribution in [0.1, 0.15) is 0 Å². The Morgan fingerprint density at radius 2 is 1.58 bits per heavy atom. The van der Waals surface area contributed by atoms with Gasteiger partial charge >= 0.3 is 0 Å². The van der Waals surface area contributed by atoms with E-state index in [1.165, 1.54) is 18.2 Å². The largest absolute Gasteiger partial charge is 0.228 e.